The Morgan fingerprint density at radius 3 is 2.57 bits per heavy atom. The maximum atomic E-state index is 12.6. The minimum atomic E-state index is -0.210. The minimum absolute atomic E-state index is 0.210. The molecule has 106 valence electrons. The summed E-state index contributed by atoms with van der Waals surface area (Å²) in [6.07, 6.45) is 0. The maximum absolute atomic E-state index is 12.6. The fourth-order valence-corrected chi connectivity index (χ4v) is 2.82. The Morgan fingerprint density at radius 2 is 1.86 bits per heavy atom. The average molecular weight is 384 g/mol. The maximum Gasteiger partial charge on any atom is 0.228 e. The summed E-state index contributed by atoms with van der Waals surface area (Å²) < 4.78 is 6.61. The summed E-state index contributed by atoms with van der Waals surface area (Å²) in [4.78, 5) is 12.6. The van der Waals surface area contributed by atoms with Crippen LogP contribution in [-0.4, -0.2) is 5.78 Å². The zero-order chi connectivity index (χ0) is 15.1. The first-order valence-corrected chi connectivity index (χ1v) is 7.70. The molecule has 0 unspecified atom stereocenters. The third-order valence-electron chi connectivity index (χ3n) is 3.29. The molecule has 3 aromatic rings. The number of benzene rings is 2. The number of carbonyl (C=O) groups is 1. The lowest BCUT2D eigenvalue weighted by atomic mass is 10.0. The van der Waals surface area contributed by atoms with Gasteiger partial charge in [-0.05, 0) is 43.3 Å². The van der Waals surface area contributed by atoms with Crippen LogP contribution in [-0.2, 0) is 0 Å². The number of halogens is 3. The summed E-state index contributed by atoms with van der Waals surface area (Å²) in [5, 5.41) is 1.68. The van der Waals surface area contributed by atoms with E-state index in [1.807, 2.05) is 25.1 Å². The van der Waals surface area contributed by atoms with E-state index in [-0.39, 0.29) is 5.78 Å². The number of carbonyl (C=O) groups excluding carboxylic acids is 1. The Morgan fingerprint density at radius 1 is 1.10 bits per heavy atom. The third kappa shape index (κ3) is 2.61. The van der Waals surface area contributed by atoms with Crippen molar-refractivity contribution in [2.45, 2.75) is 6.92 Å². The second kappa shape index (κ2) is 5.48. The second-order valence-electron chi connectivity index (χ2n) is 4.65. The van der Waals surface area contributed by atoms with Gasteiger partial charge in [0.15, 0.2) is 5.76 Å². The van der Waals surface area contributed by atoms with Crippen molar-refractivity contribution in [2.75, 3.05) is 0 Å². The number of aryl methyl sites for hydroxylation is 1. The Labute approximate surface area is 139 Å². The number of hydrogen-bond donors (Lipinski definition) is 0. The van der Waals surface area contributed by atoms with E-state index in [1.165, 1.54) is 0 Å². The highest BCUT2D eigenvalue weighted by atomic mass is 79.9. The van der Waals surface area contributed by atoms with Crippen molar-refractivity contribution in [2.24, 2.45) is 0 Å². The van der Waals surface area contributed by atoms with E-state index >= 15 is 0 Å². The van der Waals surface area contributed by atoms with Crippen LogP contribution in [0.1, 0.15) is 21.7 Å². The van der Waals surface area contributed by atoms with Crippen LogP contribution in [0.4, 0.5) is 0 Å². The van der Waals surface area contributed by atoms with Gasteiger partial charge in [-0.15, -0.1) is 0 Å². The smallest absolute Gasteiger partial charge is 0.228 e. The van der Waals surface area contributed by atoms with Crippen molar-refractivity contribution in [3.8, 4) is 0 Å². The molecule has 0 radical (unpaired) electrons. The number of furan rings is 1. The first-order valence-electron chi connectivity index (χ1n) is 6.16. The fourth-order valence-electron chi connectivity index (χ4n) is 2.18. The first kappa shape index (κ1) is 14.6. The zero-order valence-electron chi connectivity index (χ0n) is 10.9. The quantitative estimate of drug-likeness (QED) is 0.505. The molecule has 0 atom stereocenters. The van der Waals surface area contributed by atoms with Gasteiger partial charge in [0, 0.05) is 21.0 Å². The molecule has 0 fully saturated rings. The molecule has 0 aliphatic rings. The lowest BCUT2D eigenvalue weighted by Gasteiger charge is -2.01. The van der Waals surface area contributed by atoms with Crippen LogP contribution in [0.5, 0.6) is 0 Å². The predicted molar refractivity (Wildman–Crippen MR) is 88.5 cm³/mol. The summed E-state index contributed by atoms with van der Waals surface area (Å²) >= 11 is 15.2. The van der Waals surface area contributed by atoms with E-state index < -0.39 is 0 Å². The van der Waals surface area contributed by atoms with Gasteiger partial charge in [-0.1, -0.05) is 39.1 Å². The molecule has 0 saturated carbocycles. The van der Waals surface area contributed by atoms with Crippen LogP contribution in [0.25, 0.3) is 11.0 Å². The largest absolute Gasteiger partial charge is 0.452 e. The molecule has 1 heterocycles. The lowest BCUT2D eigenvalue weighted by Crippen LogP contribution is -2.01. The van der Waals surface area contributed by atoms with Crippen LogP contribution in [0.2, 0.25) is 10.0 Å². The molecule has 1 aromatic heterocycles. The summed E-state index contributed by atoms with van der Waals surface area (Å²) in [6.45, 7) is 1.87. The minimum Gasteiger partial charge on any atom is -0.452 e. The molecule has 21 heavy (non-hydrogen) atoms. The number of rotatable bonds is 2. The molecule has 0 bridgehead atoms. The molecule has 0 spiro atoms. The van der Waals surface area contributed by atoms with Crippen LogP contribution in [0.15, 0.2) is 45.3 Å². The molecule has 0 aliphatic heterocycles. The van der Waals surface area contributed by atoms with E-state index in [9.17, 15) is 4.79 Å². The van der Waals surface area contributed by atoms with Gasteiger partial charge < -0.3 is 4.42 Å². The summed E-state index contributed by atoms with van der Waals surface area (Å²) in [5.41, 5.74) is 1.93. The summed E-state index contributed by atoms with van der Waals surface area (Å²) in [5.74, 6) is 0.111. The highest BCUT2D eigenvalue weighted by Gasteiger charge is 2.20. The normalized spacial score (nSPS) is 11.0. The van der Waals surface area contributed by atoms with E-state index in [2.05, 4.69) is 15.9 Å². The average Bonchev–Trinajstić information content (AvgIpc) is 2.77. The Hall–Kier alpha value is -1.29. The number of hydrogen-bond acceptors (Lipinski definition) is 2. The second-order valence-corrected chi connectivity index (χ2v) is 6.38. The molecule has 3 rings (SSSR count). The van der Waals surface area contributed by atoms with Crippen molar-refractivity contribution in [1.29, 1.82) is 0 Å². The number of fused-ring (bicyclic) bond motifs is 1. The monoisotopic (exact) mass is 382 g/mol. The highest BCUT2D eigenvalue weighted by Crippen LogP contribution is 2.30. The van der Waals surface area contributed by atoms with Gasteiger partial charge >= 0.3 is 0 Å². The predicted octanol–water partition coefficient (Wildman–Crippen LogP) is 6.04. The summed E-state index contributed by atoms with van der Waals surface area (Å²) in [7, 11) is 0. The third-order valence-corrected chi connectivity index (χ3v) is 4.52. The molecule has 2 aromatic carbocycles. The van der Waals surface area contributed by atoms with Gasteiger partial charge in [0.2, 0.25) is 5.78 Å². The molecular formula is C16H9BrCl2O2. The Bertz CT molecular complexity index is 868. The van der Waals surface area contributed by atoms with Gasteiger partial charge in [0.25, 0.3) is 0 Å². The van der Waals surface area contributed by atoms with E-state index in [1.54, 1.807) is 18.2 Å². The van der Waals surface area contributed by atoms with Crippen LogP contribution in [0.3, 0.4) is 0 Å². The SMILES string of the molecule is Cc1c(C(=O)c2ccc(Cl)c(Cl)c2)oc2cc(Br)ccc12. The van der Waals surface area contributed by atoms with Crippen molar-refractivity contribution < 1.29 is 9.21 Å². The van der Waals surface area contributed by atoms with Gasteiger partial charge in [-0.25, -0.2) is 0 Å². The van der Waals surface area contributed by atoms with Crippen molar-refractivity contribution in [3.05, 3.63) is 67.8 Å². The lowest BCUT2D eigenvalue weighted by molar-refractivity contribution is 0.101. The Kier molecular flexibility index (Phi) is 3.82. The van der Waals surface area contributed by atoms with Gasteiger partial charge in [-0.2, -0.15) is 0 Å². The standard InChI is InChI=1S/C16H9BrCl2O2/c1-8-11-4-3-10(17)7-14(11)21-16(8)15(20)9-2-5-12(18)13(19)6-9/h2-7H,1H3. The zero-order valence-corrected chi connectivity index (χ0v) is 14.0. The van der Waals surface area contributed by atoms with Crippen molar-refractivity contribution in [3.63, 3.8) is 0 Å². The topological polar surface area (TPSA) is 30.2 Å². The van der Waals surface area contributed by atoms with E-state index in [4.69, 9.17) is 27.6 Å². The molecule has 5 heteroatoms. The van der Waals surface area contributed by atoms with Crippen molar-refractivity contribution >= 4 is 55.9 Å². The van der Waals surface area contributed by atoms with Crippen LogP contribution >= 0.6 is 39.1 Å². The van der Waals surface area contributed by atoms with E-state index in [0.29, 0.717) is 27.0 Å². The molecular weight excluding hydrogens is 375 g/mol. The molecule has 2 nitrogen and oxygen atoms in total. The Balaban J connectivity index is 2.13. The first-order chi connectivity index (χ1) is 9.97. The van der Waals surface area contributed by atoms with Gasteiger partial charge in [0.1, 0.15) is 5.58 Å². The molecule has 0 saturated heterocycles. The van der Waals surface area contributed by atoms with Crippen LogP contribution in [0, 0.1) is 6.92 Å². The van der Waals surface area contributed by atoms with E-state index in [0.717, 1.165) is 15.4 Å². The highest BCUT2D eigenvalue weighted by molar-refractivity contribution is 9.10. The van der Waals surface area contributed by atoms with Crippen LogP contribution < -0.4 is 0 Å². The molecule has 0 N–H and O–H groups in total. The van der Waals surface area contributed by atoms with Crippen molar-refractivity contribution in [1.82, 2.24) is 0 Å². The molecule has 0 aliphatic carbocycles. The van der Waals surface area contributed by atoms with Gasteiger partial charge in [0.05, 0.1) is 10.0 Å². The molecule has 0 amide bonds. The number of ketones is 1. The van der Waals surface area contributed by atoms with Gasteiger partial charge in [-0.3, -0.25) is 4.79 Å². The summed E-state index contributed by atoms with van der Waals surface area (Å²) in [6, 6.07) is 10.5. The fraction of sp³-hybridized carbons (Fsp3) is 0.0625.